The predicted molar refractivity (Wildman–Crippen MR) is 117 cm³/mol. The van der Waals surface area contributed by atoms with E-state index >= 15 is 0 Å². The number of halogens is 7. The maximum absolute atomic E-state index is 14.9. The molecule has 2 aromatic carbocycles. The van der Waals surface area contributed by atoms with Crippen molar-refractivity contribution in [2.24, 2.45) is 11.8 Å². The Morgan fingerprint density at radius 2 is 1.17 bits per heavy atom. The number of allylic oxidation sites excluding steroid dienone is 4. The molecule has 190 valence electrons. The Bertz CT molecular complexity index is 1110. The number of benzene rings is 2. The molecule has 0 spiro atoms. The van der Waals surface area contributed by atoms with E-state index in [9.17, 15) is 27.1 Å². The summed E-state index contributed by atoms with van der Waals surface area (Å²) in [6, 6.07) is 0. The molecule has 1 nitrogen and oxygen atoms in total. The van der Waals surface area contributed by atoms with Gasteiger partial charge in [0.1, 0.15) is 5.75 Å². The van der Waals surface area contributed by atoms with Crippen LogP contribution in [0.2, 0.25) is 0 Å². The van der Waals surface area contributed by atoms with Gasteiger partial charge < -0.3 is 29.9 Å². The summed E-state index contributed by atoms with van der Waals surface area (Å²) in [6.45, 7) is 9.31. The average molecular weight is 569 g/mol. The second kappa shape index (κ2) is 13.3. The van der Waals surface area contributed by atoms with E-state index in [1.807, 2.05) is 45.9 Å². The minimum absolute atomic E-state index is 0. The van der Waals surface area contributed by atoms with Gasteiger partial charge in [-0.3, -0.25) is 0 Å². The van der Waals surface area contributed by atoms with Gasteiger partial charge in [0.05, 0.1) is 5.56 Å². The van der Waals surface area contributed by atoms with Crippen molar-refractivity contribution in [2.45, 2.75) is 53.9 Å². The van der Waals surface area contributed by atoms with Gasteiger partial charge in [0, 0.05) is 11.1 Å². The first-order valence-electron chi connectivity index (χ1n) is 10.7. The molecule has 0 fully saturated rings. The van der Waals surface area contributed by atoms with Gasteiger partial charge in [-0.15, -0.1) is 0 Å². The summed E-state index contributed by atoms with van der Waals surface area (Å²) in [5.41, 5.74) is 1.55. The van der Waals surface area contributed by atoms with E-state index in [0.29, 0.717) is 29.5 Å². The molecule has 1 N–H and O–H groups in total. The molecular weight excluding hydrogens is 542 g/mol. The third-order valence-corrected chi connectivity index (χ3v) is 5.70. The summed E-state index contributed by atoms with van der Waals surface area (Å²) in [5.74, 6) is -9.99. The Morgan fingerprint density at radius 3 is 1.57 bits per heavy atom. The van der Waals surface area contributed by atoms with Crippen molar-refractivity contribution >= 4 is 5.57 Å². The first-order valence-corrected chi connectivity index (χ1v) is 10.7. The van der Waals surface area contributed by atoms with Crippen LogP contribution in [0.3, 0.4) is 0 Å². The molecule has 0 unspecified atom stereocenters. The van der Waals surface area contributed by atoms with Crippen LogP contribution in [0.4, 0.5) is 22.0 Å². The van der Waals surface area contributed by atoms with E-state index < -0.39 is 34.6 Å². The number of hydrogen-bond acceptors (Lipinski definition) is 1. The van der Waals surface area contributed by atoms with Crippen LogP contribution in [0, 0.1) is 47.8 Å². The Labute approximate surface area is 230 Å². The van der Waals surface area contributed by atoms with Crippen molar-refractivity contribution in [1.82, 2.24) is 0 Å². The average Bonchev–Trinajstić information content (AvgIpc) is 3.24. The van der Waals surface area contributed by atoms with Crippen LogP contribution in [0.15, 0.2) is 18.2 Å². The van der Waals surface area contributed by atoms with Gasteiger partial charge in [0.2, 0.25) is 5.82 Å². The van der Waals surface area contributed by atoms with Crippen molar-refractivity contribution in [1.29, 1.82) is 0 Å². The molecule has 0 aromatic heterocycles. The molecule has 0 saturated heterocycles. The topological polar surface area (TPSA) is 20.2 Å². The maximum atomic E-state index is 14.9. The summed E-state index contributed by atoms with van der Waals surface area (Å²) < 4.78 is 71.8. The van der Waals surface area contributed by atoms with Gasteiger partial charge >= 0.3 is 21.7 Å². The number of hydrogen-bond donors (Lipinski definition) is 1. The molecule has 0 heterocycles. The van der Waals surface area contributed by atoms with E-state index in [2.05, 4.69) is 0 Å². The second-order valence-corrected chi connectivity index (χ2v) is 9.15. The first kappa shape index (κ1) is 33.7. The molecule has 0 saturated carbocycles. The molecule has 0 amide bonds. The Hall–Kier alpha value is -1.34. The molecule has 35 heavy (non-hydrogen) atoms. The molecule has 9 heteroatoms. The largest absolute Gasteiger partial charge is 2.00 e. The van der Waals surface area contributed by atoms with Gasteiger partial charge in [-0.1, -0.05) is 45.9 Å². The Balaban J connectivity index is 0.00000385. The monoisotopic (exact) mass is 568 g/mol. The third-order valence-electron chi connectivity index (χ3n) is 5.70. The molecular formula is C26H27Cl2F5OTi. The van der Waals surface area contributed by atoms with Gasteiger partial charge in [-0.2, -0.15) is 0 Å². The van der Waals surface area contributed by atoms with Crippen molar-refractivity contribution in [2.75, 3.05) is 0 Å². The van der Waals surface area contributed by atoms with Crippen molar-refractivity contribution < 1.29 is 73.6 Å². The summed E-state index contributed by atoms with van der Waals surface area (Å²) in [4.78, 5) is 0. The van der Waals surface area contributed by atoms with Crippen LogP contribution in [0.25, 0.3) is 16.7 Å². The number of aromatic hydroxyl groups is 1. The number of rotatable bonds is 6. The minimum atomic E-state index is -2.20. The normalized spacial score (nSPS) is 12.4. The first-order chi connectivity index (χ1) is 15.0. The Morgan fingerprint density at radius 1 is 0.743 bits per heavy atom. The van der Waals surface area contributed by atoms with E-state index in [-0.39, 0.29) is 81.7 Å². The molecule has 0 bridgehead atoms. The predicted octanol–water partition coefficient (Wildman–Crippen LogP) is 1.81. The quantitative estimate of drug-likeness (QED) is 0.244. The Kier molecular flexibility index (Phi) is 12.8. The molecule has 0 radical (unpaired) electrons. The zero-order valence-corrected chi connectivity index (χ0v) is 23.2. The fourth-order valence-electron chi connectivity index (χ4n) is 4.44. The second-order valence-electron chi connectivity index (χ2n) is 9.15. The SMILES string of the molecule is Cc1c(C2=CC=CC2)c(CC(C)C)c(O)c(CC(C)C)c1-c1c(F)c(F)c(F)c(F)c1F.[Cl-].[Cl-].[Ti+2]. The van der Waals surface area contributed by atoms with Crippen LogP contribution < -0.4 is 24.8 Å². The van der Waals surface area contributed by atoms with Crippen molar-refractivity contribution in [3.05, 3.63) is 69.6 Å². The summed E-state index contributed by atoms with van der Waals surface area (Å²) in [5, 5.41) is 11.3. The van der Waals surface area contributed by atoms with Gasteiger partial charge in [0.15, 0.2) is 23.3 Å². The zero-order chi connectivity index (χ0) is 23.9. The number of phenols is 1. The molecule has 1 aliphatic carbocycles. The summed E-state index contributed by atoms with van der Waals surface area (Å²) >= 11 is 0. The maximum Gasteiger partial charge on any atom is 2.00 e. The molecule has 0 aliphatic heterocycles. The van der Waals surface area contributed by atoms with E-state index in [1.54, 1.807) is 6.92 Å². The van der Waals surface area contributed by atoms with Gasteiger partial charge in [0.25, 0.3) is 0 Å². The fourth-order valence-corrected chi connectivity index (χ4v) is 4.44. The number of phenolic OH excluding ortho intramolecular Hbond substituents is 1. The minimum Gasteiger partial charge on any atom is -1.00 e. The molecule has 1 aliphatic rings. The van der Waals surface area contributed by atoms with Crippen LogP contribution in [-0.2, 0) is 34.6 Å². The zero-order valence-electron chi connectivity index (χ0n) is 20.1. The van der Waals surface area contributed by atoms with Crippen LogP contribution in [-0.4, -0.2) is 5.11 Å². The van der Waals surface area contributed by atoms with Gasteiger partial charge in [-0.05, 0) is 60.3 Å². The van der Waals surface area contributed by atoms with Crippen LogP contribution in [0.1, 0.15) is 56.4 Å². The van der Waals surface area contributed by atoms with E-state index in [4.69, 9.17) is 0 Å². The summed E-state index contributed by atoms with van der Waals surface area (Å²) in [6.07, 6.45) is 6.85. The van der Waals surface area contributed by atoms with Crippen molar-refractivity contribution in [3.8, 4) is 16.9 Å². The molecule has 3 rings (SSSR count). The van der Waals surface area contributed by atoms with Crippen LogP contribution in [0.5, 0.6) is 5.75 Å². The smallest absolute Gasteiger partial charge is 1.00 e. The van der Waals surface area contributed by atoms with Gasteiger partial charge in [-0.25, -0.2) is 22.0 Å². The standard InChI is InChI=1S/C26H27F5O.2ClH.Ti/c1-12(2)10-16-18(15-8-6-7-9-15)14(5)19(17(26(16)32)11-13(3)4)20-21(27)23(29)25(31)24(30)22(20)28;;;/h6-8,12-13,32H,9-11H2,1-5H3;2*1H;/q;;;+2/p-2. The van der Waals surface area contributed by atoms with Crippen LogP contribution >= 0.6 is 0 Å². The molecule has 0 atom stereocenters. The fraction of sp³-hybridized carbons (Fsp3) is 0.385. The van der Waals surface area contributed by atoms with E-state index in [1.165, 1.54) is 0 Å². The van der Waals surface area contributed by atoms with E-state index in [0.717, 1.165) is 5.57 Å². The van der Waals surface area contributed by atoms with Crippen molar-refractivity contribution in [3.63, 3.8) is 0 Å². The summed E-state index contributed by atoms with van der Waals surface area (Å²) in [7, 11) is 0. The third kappa shape index (κ3) is 6.33. The molecule has 2 aromatic rings.